The van der Waals surface area contributed by atoms with Crippen molar-refractivity contribution in [3.8, 4) is 0 Å². The fraction of sp³-hybridized carbons (Fsp3) is 1.00. The van der Waals surface area contributed by atoms with Crippen LogP contribution in [0, 0.1) is 0 Å². The van der Waals surface area contributed by atoms with Crippen LogP contribution in [-0.4, -0.2) is 32.0 Å². The summed E-state index contributed by atoms with van der Waals surface area (Å²) in [6, 6.07) is 0. The smallest absolute Gasteiger partial charge is 0.150 e. The molecule has 1 aliphatic rings. The van der Waals surface area contributed by atoms with E-state index >= 15 is 0 Å². The van der Waals surface area contributed by atoms with Crippen molar-refractivity contribution < 1.29 is 8.42 Å². The molecule has 1 rings (SSSR count). The standard InChI is InChI=1S/C10H21NO2S/c1-3-14(12,13)9-5-7-10(2)6-4-8-11-10/h11H,3-9H2,1-2H3. The molecule has 1 aliphatic heterocycles. The van der Waals surface area contributed by atoms with E-state index in [1.165, 1.54) is 12.8 Å². The average Bonchev–Trinajstić information content (AvgIpc) is 2.52. The van der Waals surface area contributed by atoms with Crippen LogP contribution in [0.4, 0.5) is 0 Å². The molecule has 0 bridgehead atoms. The fourth-order valence-electron chi connectivity index (χ4n) is 2.00. The van der Waals surface area contributed by atoms with E-state index in [4.69, 9.17) is 0 Å². The molecular weight excluding hydrogens is 198 g/mol. The van der Waals surface area contributed by atoms with E-state index in [0.29, 0.717) is 5.75 Å². The van der Waals surface area contributed by atoms with Gasteiger partial charge in [0.25, 0.3) is 0 Å². The third-order valence-electron chi connectivity index (χ3n) is 3.08. The highest BCUT2D eigenvalue weighted by atomic mass is 32.2. The number of nitrogens with one attached hydrogen (secondary N) is 1. The van der Waals surface area contributed by atoms with Crippen LogP contribution in [-0.2, 0) is 9.84 Å². The Kier molecular flexibility index (Phi) is 3.95. The van der Waals surface area contributed by atoms with Crippen molar-refractivity contribution in [2.75, 3.05) is 18.1 Å². The van der Waals surface area contributed by atoms with Crippen molar-refractivity contribution in [3.63, 3.8) is 0 Å². The summed E-state index contributed by atoms with van der Waals surface area (Å²) in [7, 11) is -2.77. The first kappa shape index (κ1) is 12.0. The van der Waals surface area contributed by atoms with Crippen LogP contribution in [0.2, 0.25) is 0 Å². The van der Waals surface area contributed by atoms with Crippen molar-refractivity contribution in [3.05, 3.63) is 0 Å². The molecule has 0 spiro atoms. The maximum absolute atomic E-state index is 11.3. The molecule has 1 atom stereocenters. The fourth-order valence-corrected chi connectivity index (χ4v) is 2.87. The second-order valence-electron chi connectivity index (χ2n) is 4.43. The quantitative estimate of drug-likeness (QED) is 0.759. The summed E-state index contributed by atoms with van der Waals surface area (Å²) in [4.78, 5) is 0. The van der Waals surface area contributed by atoms with Gasteiger partial charge in [-0.15, -0.1) is 0 Å². The van der Waals surface area contributed by atoms with Crippen LogP contribution >= 0.6 is 0 Å². The molecule has 0 aromatic heterocycles. The number of hydrogen-bond acceptors (Lipinski definition) is 3. The third-order valence-corrected chi connectivity index (χ3v) is 4.87. The first-order valence-electron chi connectivity index (χ1n) is 5.43. The Balaban J connectivity index is 2.27. The lowest BCUT2D eigenvalue weighted by molar-refractivity contribution is 0.380. The molecule has 84 valence electrons. The predicted molar refractivity (Wildman–Crippen MR) is 59.2 cm³/mol. The lowest BCUT2D eigenvalue weighted by atomic mass is 9.95. The van der Waals surface area contributed by atoms with Crippen molar-refractivity contribution in [2.24, 2.45) is 0 Å². The zero-order valence-electron chi connectivity index (χ0n) is 9.17. The zero-order valence-corrected chi connectivity index (χ0v) is 9.99. The molecule has 1 N–H and O–H groups in total. The normalized spacial score (nSPS) is 28.1. The summed E-state index contributed by atoms with van der Waals surface area (Å²) in [5, 5.41) is 3.44. The Hall–Kier alpha value is -0.0900. The van der Waals surface area contributed by atoms with E-state index in [9.17, 15) is 8.42 Å². The van der Waals surface area contributed by atoms with Crippen molar-refractivity contribution >= 4 is 9.84 Å². The van der Waals surface area contributed by atoms with Gasteiger partial charge in [-0.05, 0) is 39.2 Å². The monoisotopic (exact) mass is 219 g/mol. The Morgan fingerprint density at radius 1 is 1.43 bits per heavy atom. The number of hydrogen-bond donors (Lipinski definition) is 1. The van der Waals surface area contributed by atoms with Gasteiger partial charge in [0.15, 0.2) is 0 Å². The average molecular weight is 219 g/mol. The molecule has 0 aromatic rings. The summed E-state index contributed by atoms with van der Waals surface area (Å²) in [5.74, 6) is 0.623. The maximum Gasteiger partial charge on any atom is 0.150 e. The Morgan fingerprint density at radius 2 is 2.14 bits per heavy atom. The SMILES string of the molecule is CCS(=O)(=O)CCCC1(C)CCCN1. The van der Waals surface area contributed by atoms with E-state index in [2.05, 4.69) is 12.2 Å². The number of rotatable bonds is 5. The lowest BCUT2D eigenvalue weighted by Crippen LogP contribution is -2.36. The molecule has 0 aliphatic carbocycles. The van der Waals surface area contributed by atoms with Gasteiger partial charge in [-0.3, -0.25) is 0 Å². The molecule has 1 unspecified atom stereocenters. The van der Waals surface area contributed by atoms with Crippen LogP contribution in [0.15, 0.2) is 0 Å². The summed E-state index contributed by atoms with van der Waals surface area (Å²) in [5.41, 5.74) is 0.198. The highest BCUT2D eigenvalue weighted by Crippen LogP contribution is 2.23. The molecule has 4 heteroatoms. The molecule has 0 saturated carbocycles. The molecule has 1 saturated heterocycles. The van der Waals surface area contributed by atoms with Gasteiger partial charge in [0.05, 0.1) is 5.75 Å². The van der Waals surface area contributed by atoms with Crippen LogP contribution in [0.25, 0.3) is 0 Å². The first-order chi connectivity index (χ1) is 6.47. The van der Waals surface area contributed by atoms with Crippen molar-refractivity contribution in [1.29, 1.82) is 0 Å². The van der Waals surface area contributed by atoms with Crippen LogP contribution in [0.5, 0.6) is 0 Å². The topological polar surface area (TPSA) is 46.2 Å². The minimum absolute atomic E-state index is 0.198. The van der Waals surface area contributed by atoms with Crippen LogP contribution in [0.1, 0.15) is 39.5 Å². The molecule has 0 radical (unpaired) electrons. The summed E-state index contributed by atoms with van der Waals surface area (Å²) >= 11 is 0. The molecular formula is C10H21NO2S. The van der Waals surface area contributed by atoms with E-state index < -0.39 is 9.84 Å². The minimum atomic E-state index is -2.77. The van der Waals surface area contributed by atoms with Crippen molar-refractivity contribution in [1.82, 2.24) is 5.32 Å². The van der Waals surface area contributed by atoms with Gasteiger partial charge < -0.3 is 5.32 Å². The lowest BCUT2D eigenvalue weighted by Gasteiger charge is -2.23. The highest BCUT2D eigenvalue weighted by Gasteiger charge is 2.27. The molecule has 0 amide bonds. The summed E-state index contributed by atoms with van der Waals surface area (Å²) in [6.45, 7) is 4.99. The minimum Gasteiger partial charge on any atom is -0.312 e. The van der Waals surface area contributed by atoms with Gasteiger partial charge >= 0.3 is 0 Å². The van der Waals surface area contributed by atoms with Gasteiger partial charge in [-0.25, -0.2) is 8.42 Å². The number of sulfone groups is 1. The van der Waals surface area contributed by atoms with E-state index in [0.717, 1.165) is 19.4 Å². The molecule has 3 nitrogen and oxygen atoms in total. The second-order valence-corrected chi connectivity index (χ2v) is 6.90. The largest absolute Gasteiger partial charge is 0.312 e. The van der Waals surface area contributed by atoms with Crippen LogP contribution < -0.4 is 5.32 Å². The molecule has 1 heterocycles. The summed E-state index contributed by atoms with van der Waals surface area (Å²) < 4.78 is 22.5. The predicted octanol–water partition coefficient (Wildman–Crippen LogP) is 1.34. The van der Waals surface area contributed by atoms with Gasteiger partial charge in [-0.1, -0.05) is 6.92 Å². The van der Waals surface area contributed by atoms with Gasteiger partial charge in [0.1, 0.15) is 9.84 Å². The maximum atomic E-state index is 11.3. The molecule has 0 aromatic carbocycles. The Bertz CT molecular complexity index is 266. The Labute approximate surface area is 87.2 Å². The van der Waals surface area contributed by atoms with E-state index in [-0.39, 0.29) is 11.3 Å². The second kappa shape index (κ2) is 4.62. The zero-order chi connectivity index (χ0) is 10.7. The van der Waals surface area contributed by atoms with E-state index in [1.54, 1.807) is 6.92 Å². The molecule has 1 fully saturated rings. The van der Waals surface area contributed by atoms with E-state index in [1.807, 2.05) is 0 Å². The summed E-state index contributed by atoms with van der Waals surface area (Å²) in [6.07, 6.45) is 4.17. The Morgan fingerprint density at radius 3 is 2.64 bits per heavy atom. The first-order valence-corrected chi connectivity index (χ1v) is 7.25. The van der Waals surface area contributed by atoms with Gasteiger partial charge in [-0.2, -0.15) is 0 Å². The van der Waals surface area contributed by atoms with Gasteiger partial charge in [0.2, 0.25) is 0 Å². The van der Waals surface area contributed by atoms with Crippen molar-refractivity contribution in [2.45, 2.75) is 45.1 Å². The van der Waals surface area contributed by atoms with Crippen LogP contribution in [0.3, 0.4) is 0 Å². The third kappa shape index (κ3) is 3.58. The highest BCUT2D eigenvalue weighted by molar-refractivity contribution is 7.91. The molecule has 14 heavy (non-hydrogen) atoms. The van der Waals surface area contributed by atoms with Gasteiger partial charge in [0, 0.05) is 11.3 Å².